The molecule has 0 radical (unpaired) electrons. The molecule has 0 aliphatic rings. The fourth-order valence-corrected chi connectivity index (χ4v) is 10.4. The molecule has 0 aliphatic heterocycles. The smallest absolute Gasteiger partial charge is 0.147 e. The number of fused-ring (bicyclic) bond motifs is 8. The molecule has 2 aromatic heterocycles. The van der Waals surface area contributed by atoms with E-state index in [-0.39, 0.29) is 0 Å². The van der Waals surface area contributed by atoms with Crippen molar-refractivity contribution in [3.05, 3.63) is 214 Å². The minimum Gasteiger partial charge on any atom is -0.455 e. The van der Waals surface area contributed by atoms with E-state index in [2.05, 4.69) is 235 Å². The van der Waals surface area contributed by atoms with Crippen LogP contribution in [0.5, 0.6) is 0 Å². The second-order valence-electron chi connectivity index (χ2n) is 19.2. The normalized spacial score (nSPS) is 11.8. The number of nitrogens with zero attached hydrogens (tertiary/aromatic N) is 2. The van der Waals surface area contributed by atoms with Gasteiger partial charge in [-0.1, -0.05) is 91.0 Å². The lowest BCUT2D eigenvalue weighted by molar-refractivity contribution is 0.658. The van der Waals surface area contributed by atoms with E-state index < -0.39 is 0 Å². The summed E-state index contributed by atoms with van der Waals surface area (Å²) in [6, 6.07) is 62.4. The van der Waals surface area contributed by atoms with Crippen molar-refractivity contribution in [2.24, 2.45) is 0 Å². The zero-order valence-electron chi connectivity index (χ0n) is 39.9. The highest BCUT2D eigenvalue weighted by Gasteiger charge is 2.24. The monoisotopic (exact) mass is 880 g/mol. The van der Waals surface area contributed by atoms with Crippen molar-refractivity contribution in [2.75, 3.05) is 9.80 Å². The summed E-state index contributed by atoms with van der Waals surface area (Å²) in [5.74, 6) is 0. The van der Waals surface area contributed by atoms with E-state index in [1.54, 1.807) is 0 Å². The van der Waals surface area contributed by atoms with Gasteiger partial charge in [0.1, 0.15) is 22.3 Å². The summed E-state index contributed by atoms with van der Waals surface area (Å²) < 4.78 is 14.1. The Bertz CT molecular complexity index is 3680. The van der Waals surface area contributed by atoms with Gasteiger partial charge in [-0.05, 0) is 206 Å². The number of furan rings is 2. The highest BCUT2D eigenvalue weighted by atomic mass is 16.3. The Morgan fingerprint density at radius 3 is 1.07 bits per heavy atom. The van der Waals surface area contributed by atoms with E-state index in [4.69, 9.17) is 8.83 Å². The summed E-state index contributed by atoms with van der Waals surface area (Å²) in [6.45, 7) is 17.5. The van der Waals surface area contributed by atoms with Crippen molar-refractivity contribution in [1.82, 2.24) is 0 Å². The van der Waals surface area contributed by atoms with Gasteiger partial charge in [0.25, 0.3) is 0 Å². The van der Waals surface area contributed by atoms with Crippen molar-refractivity contribution in [1.29, 1.82) is 0 Å². The standard InChI is InChI=1S/C64H52N2O2/c1-37-14-18-41(5)56(26-37)65(57-27-38(2)15-19-42(57)6)50-24-22-46-32-52-54-36-55-53-33-47-23-25-51(66(58-28-39(3)16-20-43(58)7)59-29-40(4)17-21-44(59)8)31-49(47)35-61(53)68-64(55)62(45-12-10-9-11-13-45)63(54)67-60(52)34-48(46)30-50/h9-36H,1-8H3. The van der Waals surface area contributed by atoms with Crippen LogP contribution in [0, 0.1) is 55.4 Å². The minimum absolute atomic E-state index is 0.824. The third kappa shape index (κ3) is 6.82. The van der Waals surface area contributed by atoms with Gasteiger partial charge < -0.3 is 18.6 Å². The summed E-state index contributed by atoms with van der Waals surface area (Å²) in [4.78, 5) is 4.83. The van der Waals surface area contributed by atoms with Gasteiger partial charge in [-0.25, -0.2) is 0 Å². The summed E-state index contributed by atoms with van der Waals surface area (Å²) in [7, 11) is 0. The number of hydrogen-bond donors (Lipinski definition) is 0. The van der Waals surface area contributed by atoms with E-state index in [1.807, 2.05) is 0 Å². The lowest BCUT2D eigenvalue weighted by Crippen LogP contribution is -2.13. The number of aryl methyl sites for hydroxylation is 8. The molecule has 0 saturated heterocycles. The number of anilines is 6. The lowest BCUT2D eigenvalue weighted by atomic mass is 9.97. The summed E-state index contributed by atoms with van der Waals surface area (Å²) in [5.41, 5.74) is 22.1. The van der Waals surface area contributed by atoms with Gasteiger partial charge in [-0.3, -0.25) is 0 Å². The van der Waals surface area contributed by atoms with Crippen molar-refractivity contribution in [2.45, 2.75) is 55.4 Å². The first-order chi connectivity index (χ1) is 32.9. The predicted octanol–water partition coefficient (Wildman–Crippen LogP) is 18.9. The van der Waals surface area contributed by atoms with Gasteiger partial charge >= 0.3 is 0 Å². The zero-order chi connectivity index (χ0) is 46.5. The maximum absolute atomic E-state index is 7.05. The van der Waals surface area contributed by atoms with Crippen molar-refractivity contribution < 1.29 is 8.83 Å². The number of benzene rings is 10. The third-order valence-corrected chi connectivity index (χ3v) is 14.1. The van der Waals surface area contributed by atoms with Crippen LogP contribution in [0.1, 0.15) is 44.5 Å². The van der Waals surface area contributed by atoms with Crippen LogP contribution in [0.2, 0.25) is 0 Å². The van der Waals surface area contributed by atoms with Crippen LogP contribution in [-0.4, -0.2) is 0 Å². The molecule has 4 nitrogen and oxygen atoms in total. The Labute approximate surface area is 397 Å². The van der Waals surface area contributed by atoms with Crippen molar-refractivity contribution >= 4 is 99.5 Å². The van der Waals surface area contributed by atoms with Crippen LogP contribution in [0.25, 0.3) is 76.5 Å². The molecule has 330 valence electrons. The second kappa shape index (κ2) is 15.8. The molecular formula is C64H52N2O2. The zero-order valence-corrected chi connectivity index (χ0v) is 39.9. The van der Waals surface area contributed by atoms with Crippen LogP contribution >= 0.6 is 0 Å². The minimum atomic E-state index is 0.824. The Balaban J connectivity index is 1.04. The first kappa shape index (κ1) is 41.4. The van der Waals surface area contributed by atoms with E-state index in [0.29, 0.717) is 0 Å². The van der Waals surface area contributed by atoms with Crippen LogP contribution in [0.3, 0.4) is 0 Å². The Morgan fingerprint density at radius 1 is 0.309 bits per heavy atom. The van der Waals surface area contributed by atoms with E-state index in [9.17, 15) is 0 Å². The SMILES string of the molecule is Cc1ccc(C)c(N(c2ccc3cc4c(cc3c2)oc2c(-c3ccccc3)c3oc5cc6cc(N(c7cc(C)ccc7C)c7cc(C)ccc7C)ccc6cc5c3cc24)c2cc(C)ccc2C)c1. The Hall–Kier alpha value is -8.08. The Kier molecular flexibility index (Phi) is 9.60. The molecule has 2 heterocycles. The molecule has 0 fully saturated rings. The summed E-state index contributed by atoms with van der Waals surface area (Å²) in [5, 5.41) is 8.84. The summed E-state index contributed by atoms with van der Waals surface area (Å²) >= 11 is 0. The van der Waals surface area contributed by atoms with Crippen LogP contribution in [0.15, 0.2) is 179 Å². The molecule has 0 bridgehead atoms. The molecule has 0 amide bonds. The van der Waals surface area contributed by atoms with Gasteiger partial charge in [0.15, 0.2) is 0 Å². The average Bonchev–Trinajstić information content (AvgIpc) is 3.87. The third-order valence-electron chi connectivity index (χ3n) is 14.1. The molecule has 0 aliphatic carbocycles. The fraction of sp³-hybridized carbons (Fsp3) is 0.125. The van der Waals surface area contributed by atoms with Crippen molar-refractivity contribution in [3.63, 3.8) is 0 Å². The Morgan fingerprint density at radius 2 is 0.691 bits per heavy atom. The van der Waals surface area contributed by atoms with Crippen LogP contribution in [0.4, 0.5) is 34.1 Å². The predicted molar refractivity (Wildman–Crippen MR) is 289 cm³/mol. The van der Waals surface area contributed by atoms with Gasteiger partial charge in [0, 0.05) is 55.7 Å². The molecule has 68 heavy (non-hydrogen) atoms. The number of rotatable bonds is 7. The highest BCUT2D eigenvalue weighted by molar-refractivity contribution is 6.24. The van der Waals surface area contributed by atoms with E-state index >= 15 is 0 Å². The molecule has 12 rings (SSSR count). The van der Waals surface area contributed by atoms with Gasteiger partial charge in [0.05, 0.1) is 5.56 Å². The quantitative estimate of drug-likeness (QED) is 0.160. The van der Waals surface area contributed by atoms with E-state index in [1.165, 1.54) is 67.3 Å². The first-order valence-electron chi connectivity index (χ1n) is 23.6. The molecular weight excluding hydrogens is 829 g/mol. The van der Waals surface area contributed by atoms with Crippen LogP contribution < -0.4 is 9.80 Å². The largest absolute Gasteiger partial charge is 0.455 e. The summed E-state index contributed by atoms with van der Waals surface area (Å²) in [6.07, 6.45) is 0. The lowest BCUT2D eigenvalue weighted by Gasteiger charge is -2.29. The van der Waals surface area contributed by atoms with Gasteiger partial charge in [-0.2, -0.15) is 0 Å². The van der Waals surface area contributed by atoms with Gasteiger partial charge in [-0.15, -0.1) is 0 Å². The fourth-order valence-electron chi connectivity index (χ4n) is 10.4. The van der Waals surface area contributed by atoms with Gasteiger partial charge in [0.2, 0.25) is 0 Å². The first-order valence-corrected chi connectivity index (χ1v) is 23.6. The maximum Gasteiger partial charge on any atom is 0.147 e. The molecule has 4 heteroatoms. The highest BCUT2D eigenvalue weighted by Crippen LogP contribution is 2.48. The average molecular weight is 881 g/mol. The molecule has 0 saturated carbocycles. The second-order valence-corrected chi connectivity index (χ2v) is 19.2. The molecule has 0 spiro atoms. The number of hydrogen-bond acceptors (Lipinski definition) is 4. The van der Waals surface area contributed by atoms with Crippen LogP contribution in [-0.2, 0) is 0 Å². The maximum atomic E-state index is 7.05. The molecule has 12 aromatic rings. The van der Waals surface area contributed by atoms with E-state index in [0.717, 1.165) is 87.9 Å². The molecule has 10 aromatic carbocycles. The molecule has 0 atom stereocenters. The topological polar surface area (TPSA) is 32.8 Å². The molecule has 0 unspecified atom stereocenters. The molecule has 0 N–H and O–H groups in total. The van der Waals surface area contributed by atoms with Crippen molar-refractivity contribution in [3.8, 4) is 11.1 Å².